The molecule has 0 amide bonds. The van der Waals surface area contributed by atoms with Crippen LogP contribution in [-0.2, 0) is 13.0 Å². The van der Waals surface area contributed by atoms with E-state index >= 15 is 0 Å². The molecule has 1 heterocycles. The highest BCUT2D eigenvalue weighted by atomic mass is 79.9. The lowest BCUT2D eigenvalue weighted by Gasteiger charge is -2.08. The van der Waals surface area contributed by atoms with Crippen molar-refractivity contribution < 1.29 is 14.2 Å². The summed E-state index contributed by atoms with van der Waals surface area (Å²) in [5.41, 5.74) is 3.08. The van der Waals surface area contributed by atoms with E-state index < -0.39 is 0 Å². The number of carbonyl (C=O) groups excluding carboxylic acids is 2. The number of Topliss-reactive ketones (excluding diaryl/α,β-unsaturated/α-hetero) is 2. The van der Waals surface area contributed by atoms with E-state index in [9.17, 15) is 9.59 Å². The number of hydrogen-bond acceptors (Lipinski definition) is 2. The molecule has 0 aliphatic rings. The Kier molecular flexibility index (Phi) is 5.63. The Hall–Kier alpha value is -3.11. The first-order valence-electron chi connectivity index (χ1n) is 9.39. The van der Waals surface area contributed by atoms with Crippen LogP contribution in [0.4, 0.5) is 0 Å². The van der Waals surface area contributed by atoms with Crippen molar-refractivity contribution in [3.8, 4) is 0 Å². The maximum Gasteiger partial charge on any atom is 0.227 e. The maximum atomic E-state index is 12.9. The quantitative estimate of drug-likeness (QED) is 0.302. The van der Waals surface area contributed by atoms with Crippen LogP contribution in [0.1, 0.15) is 26.4 Å². The minimum atomic E-state index is 0.0179. The van der Waals surface area contributed by atoms with E-state index in [0.717, 1.165) is 21.1 Å². The van der Waals surface area contributed by atoms with E-state index in [1.807, 2.05) is 95.6 Å². The van der Waals surface area contributed by atoms with Gasteiger partial charge in [-0.25, -0.2) is 0 Å². The lowest BCUT2D eigenvalue weighted by Crippen LogP contribution is -2.43. The Morgan fingerprint density at radius 1 is 0.690 bits per heavy atom. The molecular weight excluding hydrogens is 426 g/mol. The molecule has 0 saturated heterocycles. The standard InChI is InChI=1S/C25H19BrNO2/c26-21-13-10-20(11-14-21)24(28)16-22-15-12-18-6-4-5-9-23(18)27(22)17-25(29)19-7-2-1-3-8-19/h1-15H,16-17H2/q+1. The summed E-state index contributed by atoms with van der Waals surface area (Å²) in [5, 5.41) is 1.04. The van der Waals surface area contributed by atoms with Crippen LogP contribution in [0.3, 0.4) is 0 Å². The van der Waals surface area contributed by atoms with Crippen LogP contribution < -0.4 is 4.57 Å². The molecule has 0 aliphatic heterocycles. The van der Waals surface area contributed by atoms with Crippen molar-refractivity contribution in [1.82, 2.24) is 0 Å². The summed E-state index contributed by atoms with van der Waals surface area (Å²) in [6, 6.07) is 28.5. The van der Waals surface area contributed by atoms with Crippen LogP contribution in [-0.4, -0.2) is 11.6 Å². The van der Waals surface area contributed by atoms with Gasteiger partial charge in [-0.1, -0.05) is 70.5 Å². The van der Waals surface area contributed by atoms with E-state index in [1.165, 1.54) is 0 Å². The fraction of sp³-hybridized carbons (Fsp3) is 0.0800. The van der Waals surface area contributed by atoms with Gasteiger partial charge in [-0.2, -0.15) is 4.57 Å². The summed E-state index contributed by atoms with van der Waals surface area (Å²) >= 11 is 3.40. The van der Waals surface area contributed by atoms with Gasteiger partial charge >= 0.3 is 0 Å². The van der Waals surface area contributed by atoms with Gasteiger partial charge < -0.3 is 0 Å². The summed E-state index contributed by atoms with van der Waals surface area (Å²) in [7, 11) is 0. The molecule has 0 radical (unpaired) electrons. The lowest BCUT2D eigenvalue weighted by atomic mass is 10.0. The molecule has 1 aromatic heterocycles. The molecule has 29 heavy (non-hydrogen) atoms. The summed E-state index contributed by atoms with van der Waals surface area (Å²) in [6.45, 7) is 0.189. The molecule has 0 atom stereocenters. The summed E-state index contributed by atoms with van der Waals surface area (Å²) in [4.78, 5) is 25.7. The third-order valence-electron chi connectivity index (χ3n) is 4.93. The van der Waals surface area contributed by atoms with Gasteiger partial charge in [-0.05, 0) is 24.3 Å². The Balaban J connectivity index is 1.71. The largest absolute Gasteiger partial charge is 0.294 e. The number of nitrogens with zero attached hydrogens (tertiary/aromatic N) is 1. The van der Waals surface area contributed by atoms with E-state index in [4.69, 9.17) is 0 Å². The number of halogens is 1. The topological polar surface area (TPSA) is 38.0 Å². The molecular formula is C25H19BrNO2+. The van der Waals surface area contributed by atoms with Gasteiger partial charge in [0.15, 0.2) is 11.5 Å². The lowest BCUT2D eigenvalue weighted by molar-refractivity contribution is -0.664. The van der Waals surface area contributed by atoms with Crippen LogP contribution in [0.15, 0.2) is 95.5 Å². The third-order valence-corrected chi connectivity index (χ3v) is 5.46. The fourth-order valence-electron chi connectivity index (χ4n) is 3.41. The Labute approximate surface area is 177 Å². The Morgan fingerprint density at radius 3 is 2.10 bits per heavy atom. The van der Waals surface area contributed by atoms with Gasteiger partial charge in [0.25, 0.3) is 0 Å². The number of pyridine rings is 1. The molecule has 3 aromatic carbocycles. The van der Waals surface area contributed by atoms with Gasteiger partial charge in [0.1, 0.15) is 0 Å². The highest BCUT2D eigenvalue weighted by molar-refractivity contribution is 9.10. The van der Waals surface area contributed by atoms with E-state index in [0.29, 0.717) is 11.1 Å². The second kappa shape index (κ2) is 8.50. The number of carbonyl (C=O) groups is 2. The highest BCUT2D eigenvalue weighted by Crippen LogP contribution is 2.15. The van der Waals surface area contributed by atoms with Gasteiger partial charge in [-0.3, -0.25) is 9.59 Å². The van der Waals surface area contributed by atoms with Crippen molar-refractivity contribution in [2.45, 2.75) is 13.0 Å². The number of hydrogen-bond donors (Lipinski definition) is 0. The van der Waals surface area contributed by atoms with Crippen molar-refractivity contribution in [2.75, 3.05) is 0 Å². The van der Waals surface area contributed by atoms with E-state index in [2.05, 4.69) is 15.9 Å². The Bertz CT molecular complexity index is 1180. The van der Waals surface area contributed by atoms with E-state index in [1.54, 1.807) is 0 Å². The van der Waals surface area contributed by atoms with Crippen molar-refractivity contribution in [3.63, 3.8) is 0 Å². The zero-order chi connectivity index (χ0) is 20.2. The minimum Gasteiger partial charge on any atom is -0.294 e. The monoisotopic (exact) mass is 444 g/mol. The molecule has 0 saturated carbocycles. The average molecular weight is 445 g/mol. The first-order chi connectivity index (χ1) is 14.1. The molecule has 0 N–H and O–H groups in total. The van der Waals surface area contributed by atoms with Crippen LogP contribution in [0.25, 0.3) is 10.9 Å². The van der Waals surface area contributed by atoms with Gasteiger partial charge in [0.2, 0.25) is 17.8 Å². The summed E-state index contributed by atoms with van der Waals surface area (Å²) in [6.07, 6.45) is 0.231. The van der Waals surface area contributed by atoms with Crippen LogP contribution >= 0.6 is 15.9 Å². The fourth-order valence-corrected chi connectivity index (χ4v) is 3.67. The molecule has 4 heteroatoms. The zero-order valence-electron chi connectivity index (χ0n) is 15.7. The predicted octanol–water partition coefficient (Wildman–Crippen LogP) is 5.20. The van der Waals surface area contributed by atoms with Crippen molar-refractivity contribution in [3.05, 3.63) is 112 Å². The number of ketones is 2. The van der Waals surface area contributed by atoms with Gasteiger partial charge in [-0.15, -0.1) is 0 Å². The van der Waals surface area contributed by atoms with Gasteiger partial charge in [0.05, 0.1) is 6.42 Å². The zero-order valence-corrected chi connectivity index (χ0v) is 17.3. The van der Waals surface area contributed by atoms with Crippen molar-refractivity contribution >= 4 is 38.4 Å². The summed E-state index contributed by atoms with van der Waals surface area (Å²) < 4.78 is 2.89. The average Bonchev–Trinajstić information content (AvgIpc) is 2.76. The van der Waals surface area contributed by atoms with Crippen LogP contribution in [0.5, 0.6) is 0 Å². The molecule has 0 fully saturated rings. The van der Waals surface area contributed by atoms with Crippen LogP contribution in [0, 0.1) is 0 Å². The molecule has 0 aliphatic carbocycles. The maximum absolute atomic E-state index is 12.9. The molecule has 4 rings (SSSR count). The molecule has 142 valence electrons. The smallest absolute Gasteiger partial charge is 0.227 e. The first-order valence-corrected chi connectivity index (χ1v) is 10.2. The number of aromatic nitrogens is 1. The molecule has 0 spiro atoms. The van der Waals surface area contributed by atoms with Crippen LogP contribution in [0.2, 0.25) is 0 Å². The second-order valence-corrected chi connectivity index (χ2v) is 7.78. The number of benzene rings is 3. The van der Waals surface area contributed by atoms with E-state index in [-0.39, 0.29) is 24.5 Å². The summed E-state index contributed by atoms with van der Waals surface area (Å²) in [5.74, 6) is 0.0398. The van der Waals surface area contributed by atoms with Gasteiger partial charge in [0, 0.05) is 33.1 Å². The second-order valence-electron chi connectivity index (χ2n) is 6.87. The minimum absolute atomic E-state index is 0.0179. The normalized spacial score (nSPS) is 10.8. The number of para-hydroxylation sites is 1. The number of rotatable bonds is 6. The molecule has 0 unspecified atom stereocenters. The molecule has 0 bridgehead atoms. The first kappa shape index (κ1) is 19.2. The number of fused-ring (bicyclic) bond motifs is 1. The highest BCUT2D eigenvalue weighted by Gasteiger charge is 2.22. The molecule has 4 aromatic rings. The van der Waals surface area contributed by atoms with Crippen molar-refractivity contribution in [1.29, 1.82) is 0 Å². The SMILES string of the molecule is O=C(Cc1ccc2ccccc2[n+]1CC(=O)c1ccccc1)c1ccc(Br)cc1. The predicted molar refractivity (Wildman–Crippen MR) is 117 cm³/mol. The third kappa shape index (κ3) is 4.33. The molecule has 3 nitrogen and oxygen atoms in total. The van der Waals surface area contributed by atoms with Crippen molar-refractivity contribution in [2.24, 2.45) is 0 Å². The Morgan fingerprint density at radius 2 is 1.34 bits per heavy atom.